The second-order valence-corrected chi connectivity index (χ2v) is 5.40. The summed E-state index contributed by atoms with van der Waals surface area (Å²) in [5.41, 5.74) is 2.02. The van der Waals surface area contributed by atoms with Crippen molar-refractivity contribution in [3.63, 3.8) is 0 Å². The Morgan fingerprint density at radius 1 is 1.23 bits per heavy atom. The molecule has 3 rings (SSSR count). The van der Waals surface area contributed by atoms with Gasteiger partial charge in [0.25, 0.3) is 0 Å². The molecule has 0 saturated carbocycles. The predicted molar refractivity (Wildman–Crippen MR) is 86.4 cm³/mol. The molecule has 2 aromatic heterocycles. The molecule has 110 valence electrons. The van der Waals surface area contributed by atoms with Crippen LogP contribution in [0.15, 0.2) is 48.7 Å². The fourth-order valence-corrected chi connectivity index (χ4v) is 2.43. The Kier molecular flexibility index (Phi) is 3.73. The van der Waals surface area contributed by atoms with Crippen LogP contribution >= 0.6 is 11.6 Å². The SMILES string of the molecule is CC(C(=N)n1nc(Cl)ccc1=N)c1ccc2ncccc2c1. The van der Waals surface area contributed by atoms with Gasteiger partial charge in [0, 0.05) is 17.5 Å². The fraction of sp³-hybridized carbons (Fsp3) is 0.125. The van der Waals surface area contributed by atoms with Gasteiger partial charge in [-0.3, -0.25) is 15.8 Å². The minimum Gasteiger partial charge on any atom is -0.286 e. The quantitative estimate of drug-likeness (QED) is 0.563. The highest BCUT2D eigenvalue weighted by Crippen LogP contribution is 2.21. The number of hydrogen-bond donors (Lipinski definition) is 2. The summed E-state index contributed by atoms with van der Waals surface area (Å²) in [6, 6.07) is 12.8. The molecule has 1 aromatic carbocycles. The van der Waals surface area contributed by atoms with Crippen LogP contribution in [0, 0.1) is 10.8 Å². The number of hydrogen-bond acceptors (Lipinski definition) is 4. The Labute approximate surface area is 132 Å². The van der Waals surface area contributed by atoms with E-state index in [2.05, 4.69) is 10.1 Å². The van der Waals surface area contributed by atoms with Crippen molar-refractivity contribution >= 4 is 28.3 Å². The predicted octanol–water partition coefficient (Wildman–Crippen LogP) is 3.19. The van der Waals surface area contributed by atoms with E-state index < -0.39 is 0 Å². The van der Waals surface area contributed by atoms with Gasteiger partial charge < -0.3 is 0 Å². The number of halogens is 1. The van der Waals surface area contributed by atoms with Crippen LogP contribution in [0.2, 0.25) is 5.15 Å². The molecule has 0 aliphatic rings. The van der Waals surface area contributed by atoms with E-state index >= 15 is 0 Å². The minimum absolute atomic E-state index is 0.128. The van der Waals surface area contributed by atoms with E-state index in [0.29, 0.717) is 0 Å². The number of rotatable bonds is 2. The smallest absolute Gasteiger partial charge is 0.150 e. The molecule has 0 aliphatic carbocycles. The van der Waals surface area contributed by atoms with E-state index in [9.17, 15) is 0 Å². The summed E-state index contributed by atoms with van der Waals surface area (Å²) in [4.78, 5) is 4.29. The topological polar surface area (TPSA) is 78.4 Å². The van der Waals surface area contributed by atoms with Crippen LogP contribution in [0.4, 0.5) is 0 Å². The highest BCUT2D eigenvalue weighted by Gasteiger charge is 2.15. The molecule has 0 amide bonds. The fourth-order valence-electron chi connectivity index (χ4n) is 2.29. The lowest BCUT2D eigenvalue weighted by atomic mass is 9.98. The maximum atomic E-state index is 8.32. The average molecular weight is 312 g/mol. The summed E-state index contributed by atoms with van der Waals surface area (Å²) >= 11 is 5.87. The molecule has 2 heterocycles. The normalized spacial score (nSPS) is 12.3. The van der Waals surface area contributed by atoms with Crippen LogP contribution < -0.4 is 5.49 Å². The van der Waals surface area contributed by atoms with Crippen molar-refractivity contribution in [3.05, 3.63) is 64.9 Å². The first-order valence-electron chi connectivity index (χ1n) is 6.80. The zero-order chi connectivity index (χ0) is 15.7. The molecule has 1 unspecified atom stereocenters. The highest BCUT2D eigenvalue weighted by molar-refractivity contribution is 6.29. The summed E-state index contributed by atoms with van der Waals surface area (Å²) in [6.45, 7) is 1.91. The van der Waals surface area contributed by atoms with Gasteiger partial charge in [0.05, 0.1) is 5.52 Å². The van der Waals surface area contributed by atoms with E-state index in [1.54, 1.807) is 12.3 Å². The number of fused-ring (bicyclic) bond motifs is 1. The third-order valence-corrected chi connectivity index (χ3v) is 3.77. The average Bonchev–Trinajstić information content (AvgIpc) is 2.55. The Bertz CT molecular complexity index is 916. The van der Waals surface area contributed by atoms with Crippen LogP contribution in [-0.4, -0.2) is 20.6 Å². The lowest BCUT2D eigenvalue weighted by Crippen LogP contribution is -2.31. The number of pyridine rings is 1. The maximum Gasteiger partial charge on any atom is 0.150 e. The molecule has 22 heavy (non-hydrogen) atoms. The first-order valence-corrected chi connectivity index (χ1v) is 7.18. The van der Waals surface area contributed by atoms with Crippen molar-refractivity contribution in [3.8, 4) is 0 Å². The molecular weight excluding hydrogens is 298 g/mol. The third-order valence-electron chi connectivity index (χ3n) is 3.57. The zero-order valence-electron chi connectivity index (χ0n) is 11.9. The van der Waals surface area contributed by atoms with Crippen molar-refractivity contribution in [1.29, 1.82) is 10.8 Å². The van der Waals surface area contributed by atoms with E-state index in [1.807, 2.05) is 37.3 Å². The number of aromatic nitrogens is 3. The van der Waals surface area contributed by atoms with Crippen molar-refractivity contribution in [2.75, 3.05) is 0 Å². The van der Waals surface area contributed by atoms with Crippen LogP contribution in [0.3, 0.4) is 0 Å². The molecule has 0 bridgehead atoms. The van der Waals surface area contributed by atoms with Crippen molar-refractivity contribution in [1.82, 2.24) is 14.8 Å². The molecule has 6 heteroatoms. The molecular formula is C16H14ClN5. The summed E-state index contributed by atoms with van der Waals surface area (Å²) in [5, 5.41) is 21.5. The van der Waals surface area contributed by atoms with Gasteiger partial charge in [-0.2, -0.15) is 5.10 Å². The van der Waals surface area contributed by atoms with Crippen molar-refractivity contribution in [2.24, 2.45) is 0 Å². The van der Waals surface area contributed by atoms with Gasteiger partial charge in [-0.15, -0.1) is 0 Å². The molecule has 3 aromatic rings. The third kappa shape index (κ3) is 2.63. The van der Waals surface area contributed by atoms with Gasteiger partial charge in [0.2, 0.25) is 0 Å². The molecule has 2 N–H and O–H groups in total. The summed E-state index contributed by atoms with van der Waals surface area (Å²) in [5.74, 6) is -0.0135. The Balaban J connectivity index is 2.01. The Morgan fingerprint density at radius 2 is 2.05 bits per heavy atom. The number of nitrogens with one attached hydrogen (secondary N) is 2. The minimum atomic E-state index is -0.218. The lowest BCUT2D eigenvalue weighted by Gasteiger charge is -2.15. The van der Waals surface area contributed by atoms with E-state index in [1.165, 1.54) is 10.7 Å². The van der Waals surface area contributed by atoms with E-state index in [4.69, 9.17) is 22.4 Å². The van der Waals surface area contributed by atoms with Gasteiger partial charge in [-0.25, -0.2) is 4.68 Å². The van der Waals surface area contributed by atoms with E-state index in [0.717, 1.165) is 16.5 Å². The van der Waals surface area contributed by atoms with Gasteiger partial charge in [-0.1, -0.05) is 30.7 Å². The van der Waals surface area contributed by atoms with Gasteiger partial charge >= 0.3 is 0 Å². The molecule has 0 fully saturated rings. The highest BCUT2D eigenvalue weighted by atomic mass is 35.5. The zero-order valence-corrected chi connectivity index (χ0v) is 12.7. The van der Waals surface area contributed by atoms with Crippen molar-refractivity contribution < 1.29 is 0 Å². The monoisotopic (exact) mass is 311 g/mol. The molecule has 5 nitrogen and oxygen atoms in total. The van der Waals surface area contributed by atoms with Crippen LogP contribution in [0.1, 0.15) is 18.4 Å². The van der Waals surface area contributed by atoms with Crippen LogP contribution in [0.25, 0.3) is 10.9 Å². The standard InChI is InChI=1S/C16H14ClN5/c1-10(16(19)22-15(18)7-6-14(17)21-22)11-4-5-13-12(9-11)3-2-8-20-13/h2-10,18-19H,1H3. The molecule has 1 atom stereocenters. The van der Waals surface area contributed by atoms with Crippen LogP contribution in [0.5, 0.6) is 0 Å². The first-order chi connectivity index (χ1) is 10.6. The molecule has 0 spiro atoms. The maximum absolute atomic E-state index is 8.32. The molecule has 0 saturated heterocycles. The Morgan fingerprint density at radius 3 is 2.86 bits per heavy atom. The van der Waals surface area contributed by atoms with Gasteiger partial charge in [-0.05, 0) is 35.9 Å². The van der Waals surface area contributed by atoms with Gasteiger partial charge in [0.15, 0.2) is 0 Å². The van der Waals surface area contributed by atoms with E-state index in [-0.39, 0.29) is 22.4 Å². The summed E-state index contributed by atoms with van der Waals surface area (Å²) in [6.07, 6.45) is 1.76. The summed E-state index contributed by atoms with van der Waals surface area (Å²) < 4.78 is 1.25. The van der Waals surface area contributed by atoms with Gasteiger partial charge in [0.1, 0.15) is 16.5 Å². The largest absolute Gasteiger partial charge is 0.286 e. The number of benzene rings is 1. The second-order valence-electron chi connectivity index (χ2n) is 5.02. The first kappa shape index (κ1) is 14.4. The Hall–Kier alpha value is -2.53. The summed E-state index contributed by atoms with van der Waals surface area (Å²) in [7, 11) is 0. The molecule has 0 radical (unpaired) electrons. The van der Waals surface area contributed by atoms with Crippen molar-refractivity contribution in [2.45, 2.75) is 12.8 Å². The second kappa shape index (κ2) is 5.69. The molecule has 0 aliphatic heterocycles. The number of nitrogens with zero attached hydrogens (tertiary/aromatic N) is 3. The lowest BCUT2D eigenvalue weighted by molar-refractivity contribution is 0.767. The van der Waals surface area contributed by atoms with Crippen LogP contribution in [-0.2, 0) is 0 Å².